The molecule has 0 radical (unpaired) electrons. The van der Waals surface area contributed by atoms with E-state index in [1.807, 2.05) is 0 Å². The van der Waals surface area contributed by atoms with E-state index in [9.17, 15) is 0 Å². The smallest absolute Gasteiger partial charge is 0.0510 e. The summed E-state index contributed by atoms with van der Waals surface area (Å²) in [6, 6.07) is 3.81. The maximum absolute atomic E-state index is 6.38. The molecule has 1 aromatic heterocycles. The molecule has 1 aromatic rings. The Morgan fingerprint density at radius 3 is 2.94 bits per heavy atom. The molecule has 2 heterocycles. The predicted octanol–water partition coefficient (Wildman–Crippen LogP) is 3.01. The second kappa shape index (κ2) is 4.71. The van der Waals surface area contributed by atoms with Gasteiger partial charge in [0.05, 0.1) is 6.04 Å². The van der Waals surface area contributed by atoms with Crippen LogP contribution in [-0.2, 0) is 0 Å². The van der Waals surface area contributed by atoms with Crippen molar-refractivity contribution in [2.75, 3.05) is 6.54 Å². The minimum absolute atomic E-state index is 0.281. The molecule has 1 saturated heterocycles. The second-order valence-corrected chi connectivity index (χ2v) is 6.38. The van der Waals surface area contributed by atoms with Crippen molar-refractivity contribution in [1.82, 2.24) is 4.90 Å². The quantitative estimate of drug-likeness (QED) is 0.890. The monoisotopic (exact) mass is 250 g/mol. The number of hydrogen-bond acceptors (Lipinski definition) is 3. The molecule has 2 bridgehead atoms. The summed E-state index contributed by atoms with van der Waals surface area (Å²) in [6.45, 7) is 3.48. The van der Waals surface area contributed by atoms with Gasteiger partial charge in [-0.05, 0) is 54.0 Å². The van der Waals surface area contributed by atoms with Gasteiger partial charge in [0.1, 0.15) is 0 Å². The highest BCUT2D eigenvalue weighted by molar-refractivity contribution is 7.07. The number of thiophene rings is 1. The van der Waals surface area contributed by atoms with E-state index in [-0.39, 0.29) is 6.04 Å². The van der Waals surface area contributed by atoms with E-state index in [0.29, 0.717) is 6.04 Å². The van der Waals surface area contributed by atoms with Gasteiger partial charge in [-0.3, -0.25) is 4.90 Å². The third-order valence-corrected chi connectivity index (χ3v) is 5.27. The number of rotatable bonds is 4. The molecule has 94 valence electrons. The summed E-state index contributed by atoms with van der Waals surface area (Å²) in [7, 11) is 0. The molecule has 17 heavy (non-hydrogen) atoms. The van der Waals surface area contributed by atoms with Gasteiger partial charge in [-0.1, -0.05) is 6.92 Å². The minimum atomic E-state index is 0.281. The normalized spacial score (nSPS) is 31.9. The van der Waals surface area contributed by atoms with E-state index >= 15 is 0 Å². The summed E-state index contributed by atoms with van der Waals surface area (Å²) in [5.41, 5.74) is 7.82. The minimum Gasteiger partial charge on any atom is -0.326 e. The Balaban J connectivity index is 1.84. The third-order valence-electron chi connectivity index (χ3n) is 4.57. The molecule has 1 saturated carbocycles. The Labute approximate surface area is 108 Å². The van der Waals surface area contributed by atoms with Gasteiger partial charge in [-0.2, -0.15) is 11.3 Å². The largest absolute Gasteiger partial charge is 0.326 e. The van der Waals surface area contributed by atoms with Crippen LogP contribution in [0.3, 0.4) is 0 Å². The van der Waals surface area contributed by atoms with E-state index in [2.05, 4.69) is 28.7 Å². The maximum atomic E-state index is 6.38. The number of piperidine rings is 1. The van der Waals surface area contributed by atoms with Crippen molar-refractivity contribution in [3.8, 4) is 0 Å². The third kappa shape index (κ3) is 2.05. The Kier molecular flexibility index (Phi) is 3.24. The van der Waals surface area contributed by atoms with Crippen LogP contribution in [0.2, 0.25) is 0 Å². The molecule has 0 spiro atoms. The van der Waals surface area contributed by atoms with Crippen LogP contribution in [0.4, 0.5) is 0 Å². The molecule has 2 aliphatic rings. The molecule has 2 nitrogen and oxygen atoms in total. The van der Waals surface area contributed by atoms with E-state index in [1.165, 1.54) is 31.4 Å². The van der Waals surface area contributed by atoms with Gasteiger partial charge in [0.2, 0.25) is 0 Å². The van der Waals surface area contributed by atoms with E-state index in [0.717, 1.165) is 18.4 Å². The van der Waals surface area contributed by atoms with Gasteiger partial charge >= 0.3 is 0 Å². The first-order valence-corrected chi connectivity index (χ1v) is 7.77. The first-order valence-electron chi connectivity index (χ1n) is 6.83. The van der Waals surface area contributed by atoms with Gasteiger partial charge in [0.25, 0.3) is 0 Å². The molecule has 0 aromatic carbocycles. The molecule has 4 unspecified atom stereocenters. The molecule has 3 heteroatoms. The fourth-order valence-electron chi connectivity index (χ4n) is 3.65. The van der Waals surface area contributed by atoms with Crippen LogP contribution in [0.1, 0.15) is 44.2 Å². The van der Waals surface area contributed by atoms with Crippen molar-refractivity contribution < 1.29 is 0 Å². The average molecular weight is 250 g/mol. The average Bonchev–Trinajstić information content (AvgIpc) is 3.05. The van der Waals surface area contributed by atoms with Crippen molar-refractivity contribution in [2.45, 2.75) is 50.7 Å². The number of nitrogens with two attached hydrogens (primary N) is 1. The number of nitrogens with zero attached hydrogens (tertiary/aromatic N) is 1. The van der Waals surface area contributed by atoms with Crippen molar-refractivity contribution in [1.29, 1.82) is 0 Å². The first-order chi connectivity index (χ1) is 8.29. The zero-order valence-electron chi connectivity index (χ0n) is 10.5. The summed E-state index contributed by atoms with van der Waals surface area (Å²) in [5.74, 6) is 0.949. The highest BCUT2D eigenvalue weighted by Gasteiger charge is 2.42. The zero-order valence-corrected chi connectivity index (χ0v) is 11.3. The van der Waals surface area contributed by atoms with Gasteiger partial charge in [0.15, 0.2) is 0 Å². The molecule has 0 amide bonds. The van der Waals surface area contributed by atoms with Crippen molar-refractivity contribution >= 4 is 11.3 Å². The van der Waals surface area contributed by atoms with Crippen LogP contribution in [0.25, 0.3) is 0 Å². The lowest BCUT2D eigenvalue weighted by molar-refractivity contribution is 0.127. The second-order valence-electron chi connectivity index (χ2n) is 5.60. The SMILES string of the molecule is CCC(N)C(c1ccsc1)N1CC2CCC1C2. The number of fused-ring (bicyclic) bond motifs is 2. The first kappa shape index (κ1) is 11.7. The summed E-state index contributed by atoms with van der Waals surface area (Å²) < 4.78 is 0. The fourth-order valence-corrected chi connectivity index (χ4v) is 4.34. The standard InChI is InChI=1S/C14H22N2S/c1-2-13(15)14(11-5-6-17-9-11)16-8-10-3-4-12(16)7-10/h5-6,9-10,12-14H,2-4,7-8,15H2,1H3. The van der Waals surface area contributed by atoms with Crippen molar-refractivity contribution in [3.05, 3.63) is 22.4 Å². The number of likely N-dealkylation sites (tertiary alicyclic amines) is 1. The molecular weight excluding hydrogens is 228 g/mol. The summed E-state index contributed by atoms with van der Waals surface area (Å²) >= 11 is 1.79. The van der Waals surface area contributed by atoms with Crippen LogP contribution in [0, 0.1) is 5.92 Å². The van der Waals surface area contributed by atoms with Gasteiger partial charge in [-0.15, -0.1) is 0 Å². The summed E-state index contributed by atoms with van der Waals surface area (Å²) in [5, 5.41) is 4.46. The lowest BCUT2D eigenvalue weighted by Gasteiger charge is -2.37. The molecule has 1 aliphatic carbocycles. The van der Waals surface area contributed by atoms with Gasteiger partial charge in [-0.25, -0.2) is 0 Å². The Hall–Kier alpha value is -0.380. The molecular formula is C14H22N2S. The molecule has 4 atom stereocenters. The van der Waals surface area contributed by atoms with Gasteiger partial charge in [0, 0.05) is 18.6 Å². The maximum Gasteiger partial charge on any atom is 0.0510 e. The van der Waals surface area contributed by atoms with Crippen LogP contribution in [0.5, 0.6) is 0 Å². The Morgan fingerprint density at radius 1 is 1.53 bits per heavy atom. The van der Waals surface area contributed by atoms with Crippen LogP contribution in [-0.4, -0.2) is 23.5 Å². The zero-order chi connectivity index (χ0) is 11.8. The van der Waals surface area contributed by atoms with Crippen molar-refractivity contribution in [3.63, 3.8) is 0 Å². The highest BCUT2D eigenvalue weighted by atomic mass is 32.1. The van der Waals surface area contributed by atoms with Crippen molar-refractivity contribution in [2.24, 2.45) is 11.7 Å². The van der Waals surface area contributed by atoms with E-state index in [1.54, 1.807) is 11.3 Å². The Morgan fingerprint density at radius 2 is 2.41 bits per heavy atom. The fraction of sp³-hybridized carbons (Fsp3) is 0.714. The number of hydrogen-bond donors (Lipinski definition) is 1. The van der Waals surface area contributed by atoms with Crippen LogP contribution in [0.15, 0.2) is 16.8 Å². The highest BCUT2D eigenvalue weighted by Crippen LogP contribution is 2.43. The Bertz CT molecular complexity index is 362. The lowest BCUT2D eigenvalue weighted by Crippen LogP contribution is -2.44. The lowest BCUT2D eigenvalue weighted by atomic mass is 9.96. The summed E-state index contributed by atoms with van der Waals surface area (Å²) in [4.78, 5) is 2.70. The van der Waals surface area contributed by atoms with Crippen LogP contribution < -0.4 is 5.73 Å². The molecule has 2 fully saturated rings. The molecule has 2 N–H and O–H groups in total. The van der Waals surface area contributed by atoms with E-state index in [4.69, 9.17) is 5.73 Å². The molecule has 3 rings (SSSR count). The topological polar surface area (TPSA) is 29.3 Å². The van der Waals surface area contributed by atoms with Crippen LogP contribution >= 0.6 is 11.3 Å². The molecule has 1 aliphatic heterocycles. The summed E-state index contributed by atoms with van der Waals surface area (Å²) in [6.07, 6.45) is 5.31. The predicted molar refractivity (Wildman–Crippen MR) is 73.2 cm³/mol. The van der Waals surface area contributed by atoms with Gasteiger partial charge < -0.3 is 5.73 Å². The van der Waals surface area contributed by atoms with E-state index < -0.39 is 0 Å².